The molecular formula is C25H36N2O2. The van der Waals surface area contributed by atoms with Crippen LogP contribution in [0, 0.1) is 0 Å². The summed E-state index contributed by atoms with van der Waals surface area (Å²) in [4.78, 5) is 21.1. The molecule has 0 N–H and O–H groups in total. The second-order valence-corrected chi connectivity index (χ2v) is 7.71. The van der Waals surface area contributed by atoms with Gasteiger partial charge in [-0.15, -0.1) is 0 Å². The smallest absolute Gasteiger partial charge is 0.338 e. The van der Waals surface area contributed by atoms with Crippen molar-refractivity contribution in [2.24, 2.45) is 0 Å². The number of hydrogen-bond donors (Lipinski definition) is 0. The van der Waals surface area contributed by atoms with E-state index >= 15 is 0 Å². The third kappa shape index (κ3) is 8.76. The summed E-state index contributed by atoms with van der Waals surface area (Å²) < 4.78 is 5.30. The molecule has 2 aromatic rings. The van der Waals surface area contributed by atoms with Crippen molar-refractivity contribution in [3.8, 4) is 11.4 Å². The number of unbranched alkanes of at least 4 members (excludes halogenated alkanes) is 8. The molecule has 0 aliphatic carbocycles. The SMILES string of the molecule is CCCCCCCCCc1cnc(-c2ccc(C(=O)OCCCCC)cc2)nc1. The number of hydrogen-bond acceptors (Lipinski definition) is 4. The highest BCUT2D eigenvalue weighted by molar-refractivity contribution is 5.89. The minimum Gasteiger partial charge on any atom is -0.462 e. The van der Waals surface area contributed by atoms with Gasteiger partial charge in [-0.05, 0) is 37.0 Å². The molecule has 0 saturated carbocycles. The lowest BCUT2D eigenvalue weighted by Crippen LogP contribution is -2.06. The van der Waals surface area contributed by atoms with Crippen LogP contribution in [0.2, 0.25) is 0 Å². The Hall–Kier alpha value is -2.23. The van der Waals surface area contributed by atoms with Gasteiger partial charge in [0, 0.05) is 18.0 Å². The van der Waals surface area contributed by atoms with Crippen molar-refractivity contribution in [2.45, 2.75) is 84.5 Å². The summed E-state index contributed by atoms with van der Waals surface area (Å²) in [6, 6.07) is 7.34. The largest absolute Gasteiger partial charge is 0.462 e. The Bertz CT molecular complexity index is 696. The van der Waals surface area contributed by atoms with Gasteiger partial charge < -0.3 is 4.74 Å². The Kier molecular flexibility index (Phi) is 11.0. The van der Waals surface area contributed by atoms with Crippen molar-refractivity contribution in [1.82, 2.24) is 9.97 Å². The van der Waals surface area contributed by atoms with Gasteiger partial charge >= 0.3 is 5.97 Å². The summed E-state index contributed by atoms with van der Waals surface area (Å²) in [5.41, 5.74) is 2.67. The maximum Gasteiger partial charge on any atom is 0.338 e. The monoisotopic (exact) mass is 396 g/mol. The maximum absolute atomic E-state index is 12.0. The molecule has 0 aliphatic rings. The van der Waals surface area contributed by atoms with E-state index in [2.05, 4.69) is 23.8 Å². The lowest BCUT2D eigenvalue weighted by Gasteiger charge is -2.06. The molecule has 1 heterocycles. The minimum atomic E-state index is -0.265. The van der Waals surface area contributed by atoms with Crippen LogP contribution in [0.1, 0.15) is 94.0 Å². The molecule has 0 saturated heterocycles. The molecule has 1 aromatic heterocycles. The zero-order valence-corrected chi connectivity index (χ0v) is 18.2. The van der Waals surface area contributed by atoms with Crippen LogP contribution in [0.5, 0.6) is 0 Å². The average molecular weight is 397 g/mol. The number of aryl methyl sites for hydroxylation is 1. The summed E-state index contributed by atoms with van der Waals surface area (Å²) in [5, 5.41) is 0. The van der Waals surface area contributed by atoms with Crippen LogP contribution in [0.25, 0.3) is 11.4 Å². The Morgan fingerprint density at radius 3 is 2.03 bits per heavy atom. The van der Waals surface area contributed by atoms with E-state index in [9.17, 15) is 4.79 Å². The Labute approximate surface area is 176 Å². The zero-order valence-electron chi connectivity index (χ0n) is 18.2. The van der Waals surface area contributed by atoms with Crippen LogP contribution in [0.4, 0.5) is 0 Å². The topological polar surface area (TPSA) is 52.1 Å². The molecule has 2 rings (SSSR count). The Morgan fingerprint density at radius 2 is 1.38 bits per heavy atom. The van der Waals surface area contributed by atoms with Gasteiger partial charge in [0.15, 0.2) is 5.82 Å². The lowest BCUT2D eigenvalue weighted by molar-refractivity contribution is 0.0498. The number of carbonyl (C=O) groups excluding carboxylic acids is 1. The van der Waals surface area contributed by atoms with Gasteiger partial charge in [-0.3, -0.25) is 0 Å². The fraction of sp³-hybridized carbons (Fsp3) is 0.560. The first kappa shape index (κ1) is 23.1. The van der Waals surface area contributed by atoms with E-state index in [-0.39, 0.29) is 5.97 Å². The second kappa shape index (κ2) is 13.9. The van der Waals surface area contributed by atoms with E-state index in [1.807, 2.05) is 24.5 Å². The van der Waals surface area contributed by atoms with E-state index in [1.165, 1.54) is 50.5 Å². The predicted molar refractivity (Wildman–Crippen MR) is 119 cm³/mol. The second-order valence-electron chi connectivity index (χ2n) is 7.71. The highest BCUT2D eigenvalue weighted by Crippen LogP contribution is 2.17. The highest BCUT2D eigenvalue weighted by atomic mass is 16.5. The summed E-state index contributed by atoms with van der Waals surface area (Å²) in [6.07, 6.45) is 17.2. The fourth-order valence-corrected chi connectivity index (χ4v) is 3.27. The third-order valence-corrected chi connectivity index (χ3v) is 5.13. The van der Waals surface area contributed by atoms with Crippen molar-refractivity contribution in [3.63, 3.8) is 0 Å². The number of nitrogens with zero attached hydrogens (tertiary/aromatic N) is 2. The minimum absolute atomic E-state index is 0.265. The van der Waals surface area contributed by atoms with Crippen LogP contribution in [-0.4, -0.2) is 22.5 Å². The van der Waals surface area contributed by atoms with Crippen LogP contribution >= 0.6 is 0 Å². The Morgan fingerprint density at radius 1 is 0.793 bits per heavy atom. The number of rotatable bonds is 14. The van der Waals surface area contributed by atoms with E-state index in [4.69, 9.17) is 4.74 Å². The maximum atomic E-state index is 12.0. The van der Waals surface area contributed by atoms with Crippen LogP contribution in [0.15, 0.2) is 36.7 Å². The third-order valence-electron chi connectivity index (χ3n) is 5.13. The number of carbonyl (C=O) groups is 1. The van der Waals surface area contributed by atoms with Gasteiger partial charge in [-0.2, -0.15) is 0 Å². The zero-order chi connectivity index (χ0) is 20.7. The predicted octanol–water partition coefficient (Wildman–Crippen LogP) is 6.78. The number of esters is 1. The van der Waals surface area contributed by atoms with Crippen LogP contribution < -0.4 is 0 Å². The summed E-state index contributed by atoms with van der Waals surface area (Å²) in [6.45, 7) is 4.87. The summed E-state index contributed by atoms with van der Waals surface area (Å²) in [5.74, 6) is 0.426. The molecule has 0 fully saturated rings. The lowest BCUT2D eigenvalue weighted by atomic mass is 10.1. The first-order valence-corrected chi connectivity index (χ1v) is 11.3. The van der Waals surface area contributed by atoms with Crippen molar-refractivity contribution in [1.29, 1.82) is 0 Å². The standard InChI is InChI=1S/C25H36N2O2/c1-3-5-7-8-9-10-11-13-21-19-26-24(27-20-21)22-14-16-23(17-15-22)25(28)29-18-12-6-4-2/h14-17,19-20H,3-13,18H2,1-2H3. The van der Waals surface area contributed by atoms with Crippen molar-refractivity contribution >= 4 is 5.97 Å². The summed E-state index contributed by atoms with van der Waals surface area (Å²) >= 11 is 0. The number of benzene rings is 1. The molecule has 1 aromatic carbocycles. The van der Waals surface area contributed by atoms with Gasteiger partial charge in [0.05, 0.1) is 12.2 Å². The molecule has 0 radical (unpaired) electrons. The molecule has 0 amide bonds. The molecular weight excluding hydrogens is 360 g/mol. The first-order valence-electron chi connectivity index (χ1n) is 11.3. The van der Waals surface area contributed by atoms with Gasteiger partial charge in [0.1, 0.15) is 0 Å². The van der Waals surface area contributed by atoms with Crippen molar-refractivity contribution in [3.05, 3.63) is 47.8 Å². The quantitative estimate of drug-likeness (QED) is 0.261. The number of aromatic nitrogens is 2. The number of ether oxygens (including phenoxy) is 1. The van der Waals surface area contributed by atoms with Gasteiger partial charge in [0.2, 0.25) is 0 Å². The molecule has 4 heteroatoms. The van der Waals surface area contributed by atoms with Gasteiger partial charge in [0.25, 0.3) is 0 Å². The van der Waals surface area contributed by atoms with E-state index in [0.29, 0.717) is 18.0 Å². The molecule has 0 aliphatic heterocycles. The first-order chi connectivity index (χ1) is 14.2. The molecule has 29 heavy (non-hydrogen) atoms. The summed E-state index contributed by atoms with van der Waals surface area (Å²) in [7, 11) is 0. The van der Waals surface area contributed by atoms with Crippen molar-refractivity contribution < 1.29 is 9.53 Å². The molecule has 0 bridgehead atoms. The van der Waals surface area contributed by atoms with Crippen LogP contribution in [0.3, 0.4) is 0 Å². The molecule has 0 spiro atoms. The van der Waals surface area contributed by atoms with Crippen LogP contribution in [-0.2, 0) is 11.2 Å². The highest BCUT2D eigenvalue weighted by Gasteiger charge is 2.08. The Balaban J connectivity index is 1.76. The van der Waals surface area contributed by atoms with E-state index in [1.54, 1.807) is 12.1 Å². The van der Waals surface area contributed by atoms with E-state index < -0.39 is 0 Å². The van der Waals surface area contributed by atoms with Crippen molar-refractivity contribution in [2.75, 3.05) is 6.61 Å². The molecule has 4 nitrogen and oxygen atoms in total. The molecule has 0 atom stereocenters. The average Bonchev–Trinajstić information content (AvgIpc) is 2.76. The van der Waals surface area contributed by atoms with E-state index in [0.717, 1.165) is 31.2 Å². The van der Waals surface area contributed by atoms with Gasteiger partial charge in [-0.25, -0.2) is 14.8 Å². The molecule has 0 unspecified atom stereocenters. The van der Waals surface area contributed by atoms with Gasteiger partial charge in [-0.1, -0.05) is 77.3 Å². The molecule has 158 valence electrons. The fourth-order valence-electron chi connectivity index (χ4n) is 3.27. The normalized spacial score (nSPS) is 10.8.